The van der Waals surface area contributed by atoms with Gasteiger partial charge in [-0.3, -0.25) is 0 Å². The number of ether oxygens (including phenoxy) is 1. The number of benzene rings is 1. The van der Waals surface area contributed by atoms with Crippen molar-refractivity contribution in [2.75, 3.05) is 6.61 Å². The van der Waals surface area contributed by atoms with Crippen LogP contribution < -0.4 is 4.74 Å². The number of rotatable bonds is 4. The first-order chi connectivity index (χ1) is 9.52. The highest BCUT2D eigenvalue weighted by Crippen LogP contribution is 2.26. The molecule has 106 valence electrons. The highest BCUT2D eigenvalue weighted by molar-refractivity contribution is 6.28. The van der Waals surface area contributed by atoms with Gasteiger partial charge in [-0.25, -0.2) is 8.78 Å². The van der Waals surface area contributed by atoms with Crippen LogP contribution in [0.2, 0.25) is 5.28 Å². The molecule has 0 fully saturated rings. The normalized spacial score (nSPS) is 10.7. The lowest BCUT2D eigenvalue weighted by Gasteiger charge is -2.08. The molecule has 0 aliphatic rings. The zero-order chi connectivity index (χ0) is 14.7. The van der Waals surface area contributed by atoms with Gasteiger partial charge in [-0.05, 0) is 36.6 Å². The molecule has 0 unspecified atom stereocenters. The van der Waals surface area contributed by atoms with Crippen LogP contribution in [-0.2, 0) is 0 Å². The van der Waals surface area contributed by atoms with Crippen LogP contribution in [0.25, 0.3) is 11.4 Å². The third-order valence-electron chi connectivity index (χ3n) is 2.53. The van der Waals surface area contributed by atoms with Gasteiger partial charge in [-0.2, -0.15) is 15.0 Å². The molecule has 0 saturated carbocycles. The van der Waals surface area contributed by atoms with Gasteiger partial charge in [-0.15, -0.1) is 0 Å². The molecule has 0 aliphatic carbocycles. The Bertz CT molecular complexity index is 637. The Morgan fingerprint density at radius 3 is 2.65 bits per heavy atom. The Kier molecular flexibility index (Phi) is 4.44. The molecule has 0 amide bonds. The third kappa shape index (κ3) is 3.01. The van der Waals surface area contributed by atoms with E-state index < -0.39 is 11.6 Å². The Morgan fingerprint density at radius 2 is 1.95 bits per heavy atom. The number of halogens is 3. The molecule has 1 aromatic heterocycles. The van der Waals surface area contributed by atoms with Gasteiger partial charge < -0.3 is 4.74 Å². The van der Waals surface area contributed by atoms with E-state index in [1.165, 1.54) is 13.0 Å². The SMILES string of the molecule is CCCOc1nc(Cl)nc(-c2c(F)ccc(C)c2F)n1. The summed E-state index contributed by atoms with van der Waals surface area (Å²) in [4.78, 5) is 11.4. The van der Waals surface area contributed by atoms with Crippen LogP contribution in [0.1, 0.15) is 18.9 Å². The van der Waals surface area contributed by atoms with Crippen LogP contribution in [0.15, 0.2) is 12.1 Å². The number of hydrogen-bond acceptors (Lipinski definition) is 4. The maximum atomic E-state index is 14.0. The van der Waals surface area contributed by atoms with E-state index in [1.54, 1.807) is 0 Å². The summed E-state index contributed by atoms with van der Waals surface area (Å²) in [5.74, 6) is -1.68. The summed E-state index contributed by atoms with van der Waals surface area (Å²) < 4.78 is 33.1. The van der Waals surface area contributed by atoms with Gasteiger partial charge in [0, 0.05) is 0 Å². The monoisotopic (exact) mass is 299 g/mol. The highest BCUT2D eigenvalue weighted by Gasteiger charge is 2.18. The molecule has 0 bridgehead atoms. The quantitative estimate of drug-likeness (QED) is 0.866. The van der Waals surface area contributed by atoms with E-state index in [-0.39, 0.29) is 28.2 Å². The highest BCUT2D eigenvalue weighted by atomic mass is 35.5. The lowest BCUT2D eigenvalue weighted by atomic mass is 10.1. The van der Waals surface area contributed by atoms with Crippen molar-refractivity contribution in [3.63, 3.8) is 0 Å². The Hall–Kier alpha value is -1.82. The van der Waals surface area contributed by atoms with Gasteiger partial charge in [-0.1, -0.05) is 13.0 Å². The van der Waals surface area contributed by atoms with Gasteiger partial charge in [0.05, 0.1) is 12.2 Å². The molecule has 0 radical (unpaired) electrons. The van der Waals surface area contributed by atoms with Crippen molar-refractivity contribution in [1.82, 2.24) is 15.0 Å². The van der Waals surface area contributed by atoms with Crippen molar-refractivity contribution in [2.45, 2.75) is 20.3 Å². The molecule has 0 saturated heterocycles. The van der Waals surface area contributed by atoms with Gasteiger partial charge >= 0.3 is 6.01 Å². The lowest BCUT2D eigenvalue weighted by Crippen LogP contribution is -2.05. The molecule has 20 heavy (non-hydrogen) atoms. The molecule has 0 N–H and O–H groups in total. The van der Waals surface area contributed by atoms with Crippen molar-refractivity contribution >= 4 is 11.6 Å². The molecule has 4 nitrogen and oxygen atoms in total. The number of hydrogen-bond donors (Lipinski definition) is 0. The Balaban J connectivity index is 2.52. The molecule has 1 heterocycles. The predicted octanol–water partition coefficient (Wildman–Crippen LogP) is 3.57. The van der Waals surface area contributed by atoms with Gasteiger partial charge in [0.2, 0.25) is 5.28 Å². The second-order valence-electron chi connectivity index (χ2n) is 4.11. The second kappa shape index (κ2) is 6.09. The van der Waals surface area contributed by atoms with Crippen LogP contribution in [0, 0.1) is 18.6 Å². The summed E-state index contributed by atoms with van der Waals surface area (Å²) >= 11 is 5.74. The average Bonchev–Trinajstić information content (AvgIpc) is 2.41. The van der Waals surface area contributed by atoms with Crippen LogP contribution >= 0.6 is 11.6 Å². The smallest absolute Gasteiger partial charge is 0.321 e. The Labute approximate surface area is 119 Å². The minimum absolute atomic E-state index is 0.0536. The van der Waals surface area contributed by atoms with E-state index >= 15 is 0 Å². The van der Waals surface area contributed by atoms with Gasteiger partial charge in [0.25, 0.3) is 0 Å². The van der Waals surface area contributed by atoms with Crippen LogP contribution in [0.5, 0.6) is 6.01 Å². The molecule has 0 aliphatic heterocycles. The first kappa shape index (κ1) is 14.6. The molecule has 0 spiro atoms. The van der Waals surface area contributed by atoms with E-state index in [2.05, 4.69) is 15.0 Å². The fourth-order valence-corrected chi connectivity index (χ4v) is 1.72. The lowest BCUT2D eigenvalue weighted by molar-refractivity contribution is 0.291. The molecule has 2 aromatic rings. The van der Waals surface area contributed by atoms with Crippen molar-refractivity contribution in [3.8, 4) is 17.4 Å². The predicted molar refractivity (Wildman–Crippen MR) is 70.7 cm³/mol. The van der Waals surface area contributed by atoms with Crippen molar-refractivity contribution in [3.05, 3.63) is 34.6 Å². The van der Waals surface area contributed by atoms with Crippen molar-refractivity contribution < 1.29 is 13.5 Å². The number of aryl methyl sites for hydroxylation is 1. The molecule has 2 rings (SSSR count). The second-order valence-corrected chi connectivity index (χ2v) is 4.45. The summed E-state index contributed by atoms with van der Waals surface area (Å²) in [6, 6.07) is 2.44. The van der Waals surface area contributed by atoms with E-state index in [0.717, 1.165) is 12.5 Å². The molecule has 7 heteroatoms. The number of aromatic nitrogens is 3. The summed E-state index contributed by atoms with van der Waals surface area (Å²) in [5, 5.41) is -0.179. The van der Waals surface area contributed by atoms with Crippen LogP contribution in [-0.4, -0.2) is 21.6 Å². The minimum Gasteiger partial charge on any atom is -0.463 e. The molecule has 1 aromatic carbocycles. The van der Waals surface area contributed by atoms with Crippen molar-refractivity contribution in [1.29, 1.82) is 0 Å². The van der Waals surface area contributed by atoms with Crippen molar-refractivity contribution in [2.24, 2.45) is 0 Å². The van der Waals surface area contributed by atoms with Gasteiger partial charge in [0.1, 0.15) is 11.6 Å². The molecule has 0 atom stereocenters. The maximum absolute atomic E-state index is 14.0. The Morgan fingerprint density at radius 1 is 1.20 bits per heavy atom. The zero-order valence-electron chi connectivity index (χ0n) is 11.0. The largest absolute Gasteiger partial charge is 0.463 e. The number of nitrogens with zero attached hydrogens (tertiary/aromatic N) is 3. The van der Waals surface area contributed by atoms with E-state index in [4.69, 9.17) is 16.3 Å². The first-order valence-electron chi connectivity index (χ1n) is 6.02. The maximum Gasteiger partial charge on any atom is 0.321 e. The standard InChI is InChI=1S/C13H12ClF2N3O/c1-3-6-20-13-18-11(17-12(14)19-13)9-8(15)5-4-7(2)10(9)16/h4-5H,3,6H2,1-2H3. The summed E-state index contributed by atoms with van der Waals surface area (Å²) in [7, 11) is 0. The summed E-state index contributed by atoms with van der Waals surface area (Å²) in [6.07, 6.45) is 0.742. The van der Waals surface area contributed by atoms with Crippen LogP contribution in [0.3, 0.4) is 0 Å². The van der Waals surface area contributed by atoms with E-state index in [1.807, 2.05) is 6.92 Å². The summed E-state index contributed by atoms with van der Waals surface area (Å²) in [5.41, 5.74) is -0.0513. The zero-order valence-corrected chi connectivity index (χ0v) is 11.7. The average molecular weight is 300 g/mol. The topological polar surface area (TPSA) is 47.9 Å². The molecular weight excluding hydrogens is 288 g/mol. The van der Waals surface area contributed by atoms with E-state index in [9.17, 15) is 8.78 Å². The third-order valence-corrected chi connectivity index (χ3v) is 2.70. The molecular formula is C13H12ClF2N3O. The summed E-state index contributed by atoms with van der Waals surface area (Å²) in [6.45, 7) is 3.80. The van der Waals surface area contributed by atoms with Crippen LogP contribution in [0.4, 0.5) is 8.78 Å². The first-order valence-corrected chi connectivity index (χ1v) is 6.40. The van der Waals surface area contributed by atoms with Gasteiger partial charge in [0.15, 0.2) is 5.82 Å². The minimum atomic E-state index is -0.767. The fraction of sp³-hybridized carbons (Fsp3) is 0.308. The van der Waals surface area contributed by atoms with E-state index in [0.29, 0.717) is 6.61 Å². The fourth-order valence-electron chi connectivity index (χ4n) is 1.56.